The number of carbonyl (C=O) groups excluding carboxylic acids is 1. The largest absolute Gasteiger partial charge is 0.444 e. The minimum absolute atomic E-state index is 0.0441. The van der Waals surface area contributed by atoms with Crippen LogP contribution in [-0.4, -0.2) is 77.7 Å². The van der Waals surface area contributed by atoms with Gasteiger partial charge in [0.05, 0.1) is 45.6 Å². The number of benzene rings is 1. The van der Waals surface area contributed by atoms with Crippen LogP contribution in [0.15, 0.2) is 16.0 Å². The number of carbonyl (C=O) groups is 1. The van der Waals surface area contributed by atoms with Gasteiger partial charge in [0, 0.05) is 31.5 Å². The number of alkyl halides is 3. The van der Waals surface area contributed by atoms with Gasteiger partial charge in [-0.15, -0.1) is 11.8 Å². The van der Waals surface area contributed by atoms with E-state index in [1.165, 1.54) is 7.11 Å². The summed E-state index contributed by atoms with van der Waals surface area (Å²) in [5.74, 6) is 0.242. The Morgan fingerprint density at radius 3 is 2.37 bits per heavy atom. The Hall–Kier alpha value is -1.98. The number of aliphatic imine (C=N–C) groups is 1. The molecule has 0 radical (unpaired) electrons. The normalized spacial score (nSPS) is 20.9. The molecular formula is C23H30ClF3N4O3S. The average molecular weight is 535 g/mol. The number of ether oxygens (including phenoxy) is 2. The Bertz CT molecular complexity index is 1030. The molecule has 1 aromatic carbocycles. The summed E-state index contributed by atoms with van der Waals surface area (Å²) < 4.78 is 52.1. The lowest BCUT2D eigenvalue weighted by atomic mass is 10.0. The Labute approximate surface area is 212 Å². The molecule has 12 heteroatoms. The Morgan fingerprint density at radius 1 is 1.26 bits per heavy atom. The van der Waals surface area contributed by atoms with E-state index >= 15 is 0 Å². The lowest BCUT2D eigenvalue weighted by Gasteiger charge is -2.45. The van der Waals surface area contributed by atoms with E-state index in [-0.39, 0.29) is 53.8 Å². The summed E-state index contributed by atoms with van der Waals surface area (Å²) in [6.45, 7) is 9.72. The van der Waals surface area contributed by atoms with Crippen molar-refractivity contribution in [2.45, 2.75) is 63.4 Å². The van der Waals surface area contributed by atoms with Crippen LogP contribution < -0.4 is 0 Å². The van der Waals surface area contributed by atoms with Gasteiger partial charge in [-0.2, -0.15) is 13.2 Å². The van der Waals surface area contributed by atoms with Gasteiger partial charge in [0.15, 0.2) is 0 Å². The average Bonchev–Trinajstić information content (AvgIpc) is 2.71. The molecule has 0 bridgehead atoms. The number of amides is 1. The van der Waals surface area contributed by atoms with Crippen LogP contribution in [0.4, 0.5) is 23.7 Å². The maximum Gasteiger partial charge on any atom is 0.417 e. The molecule has 194 valence electrons. The molecular weight excluding hydrogens is 505 g/mol. The fourth-order valence-corrected chi connectivity index (χ4v) is 5.59. The van der Waals surface area contributed by atoms with Crippen LogP contribution in [0.25, 0.3) is 0 Å². The van der Waals surface area contributed by atoms with Crippen LogP contribution in [0.5, 0.6) is 0 Å². The zero-order valence-corrected chi connectivity index (χ0v) is 22.1. The Morgan fingerprint density at radius 2 is 1.86 bits per heavy atom. The van der Waals surface area contributed by atoms with Crippen LogP contribution in [0, 0.1) is 5.41 Å². The second-order valence-corrected chi connectivity index (χ2v) is 11.1. The van der Waals surface area contributed by atoms with Crippen molar-refractivity contribution in [2.75, 3.05) is 32.6 Å². The molecule has 1 N–H and O–H groups in total. The van der Waals surface area contributed by atoms with Crippen molar-refractivity contribution in [3.05, 3.63) is 22.2 Å². The number of nitrogens with one attached hydrogen (secondary N) is 1. The molecule has 0 aromatic heterocycles. The molecule has 2 heterocycles. The van der Waals surface area contributed by atoms with Gasteiger partial charge >= 0.3 is 12.3 Å². The number of fused-ring (bicyclic) bond motifs is 1. The number of thioether (sulfide) groups is 1. The summed E-state index contributed by atoms with van der Waals surface area (Å²) in [6.07, 6.45) is -5.15. The maximum absolute atomic E-state index is 13.8. The molecule has 35 heavy (non-hydrogen) atoms. The smallest absolute Gasteiger partial charge is 0.417 e. The number of rotatable bonds is 3. The lowest BCUT2D eigenvalue weighted by Crippen LogP contribution is -2.60. The molecule has 2 aliphatic heterocycles. The maximum atomic E-state index is 13.8. The summed E-state index contributed by atoms with van der Waals surface area (Å²) in [5, 5.41) is 8.46. The number of hydrogen-bond acceptors (Lipinski definition) is 6. The van der Waals surface area contributed by atoms with Gasteiger partial charge in [0.25, 0.3) is 0 Å². The van der Waals surface area contributed by atoms with Crippen LogP contribution in [0.1, 0.15) is 45.7 Å². The number of amidine groups is 1. The zero-order valence-electron chi connectivity index (χ0n) is 20.5. The van der Waals surface area contributed by atoms with E-state index in [1.807, 2.05) is 13.8 Å². The standard InChI is InChI=1S/C23H30ClF3N4O3S/c1-12-8-30(9-13(2)31(12)21(32)34-22(3,4)5)20(28)15-7-16(23(25,26)27)17(24)19-18(15)29-14(10-33-6)11-35-19/h7,12-13,28H,8-11H2,1-6H3/t12-,13+. The minimum atomic E-state index is -4.69. The molecule has 1 aromatic rings. The molecule has 0 unspecified atom stereocenters. The van der Waals surface area contributed by atoms with E-state index in [0.29, 0.717) is 11.5 Å². The molecule has 0 spiro atoms. The van der Waals surface area contributed by atoms with Crippen molar-refractivity contribution in [3.63, 3.8) is 0 Å². The van der Waals surface area contributed by atoms with E-state index in [9.17, 15) is 18.0 Å². The fraction of sp³-hybridized carbons (Fsp3) is 0.609. The first-order valence-corrected chi connectivity index (χ1v) is 12.5. The molecule has 2 aliphatic rings. The summed E-state index contributed by atoms with van der Waals surface area (Å²) >= 11 is 7.32. The first kappa shape index (κ1) is 27.6. The first-order valence-electron chi connectivity index (χ1n) is 11.1. The molecule has 1 amide bonds. The monoisotopic (exact) mass is 534 g/mol. The van der Waals surface area contributed by atoms with Crippen LogP contribution in [-0.2, 0) is 15.7 Å². The highest BCUT2D eigenvalue weighted by atomic mass is 35.5. The number of halogens is 4. The lowest BCUT2D eigenvalue weighted by molar-refractivity contribution is -0.137. The third-order valence-electron chi connectivity index (χ3n) is 5.56. The predicted octanol–water partition coefficient (Wildman–Crippen LogP) is 5.84. The highest BCUT2D eigenvalue weighted by molar-refractivity contribution is 8.00. The molecule has 2 atom stereocenters. The number of methoxy groups -OCH3 is 1. The van der Waals surface area contributed by atoms with Gasteiger partial charge < -0.3 is 14.4 Å². The Kier molecular flexibility index (Phi) is 8.03. The predicted molar refractivity (Wildman–Crippen MR) is 132 cm³/mol. The zero-order chi connectivity index (χ0) is 26.3. The van der Waals surface area contributed by atoms with E-state index in [2.05, 4.69) is 4.99 Å². The summed E-state index contributed by atoms with van der Waals surface area (Å²) in [4.78, 5) is 20.7. The molecule has 0 saturated carbocycles. The third-order valence-corrected chi connectivity index (χ3v) is 7.23. The second-order valence-electron chi connectivity index (χ2n) is 9.70. The highest BCUT2D eigenvalue weighted by Crippen LogP contribution is 2.48. The second kappa shape index (κ2) is 10.2. The molecule has 0 aliphatic carbocycles. The summed E-state index contributed by atoms with van der Waals surface area (Å²) in [5.41, 5.74) is -0.726. The van der Waals surface area contributed by atoms with Crippen molar-refractivity contribution in [2.24, 2.45) is 4.99 Å². The van der Waals surface area contributed by atoms with Gasteiger partial charge in [-0.05, 0) is 40.7 Å². The third kappa shape index (κ3) is 6.06. The fourth-order valence-electron chi connectivity index (χ4n) is 4.19. The van der Waals surface area contributed by atoms with Gasteiger partial charge in [-0.1, -0.05) is 11.6 Å². The summed E-state index contributed by atoms with van der Waals surface area (Å²) in [7, 11) is 1.51. The van der Waals surface area contributed by atoms with Gasteiger partial charge in [-0.3, -0.25) is 15.3 Å². The SMILES string of the molecule is COCC1=Nc2c(C(=N)N3C[C@@H](C)N(C(=O)OC(C)(C)C)[C@@H](C)C3)cc(C(F)(F)F)c(Cl)c2SC1. The molecule has 3 rings (SSSR count). The van der Waals surface area contributed by atoms with Gasteiger partial charge in [-0.25, -0.2) is 4.79 Å². The van der Waals surface area contributed by atoms with E-state index in [4.69, 9.17) is 26.5 Å². The first-order chi connectivity index (χ1) is 16.1. The topological polar surface area (TPSA) is 78.2 Å². The highest BCUT2D eigenvalue weighted by Gasteiger charge is 2.40. The van der Waals surface area contributed by atoms with Crippen molar-refractivity contribution < 1.29 is 27.4 Å². The summed E-state index contributed by atoms with van der Waals surface area (Å²) in [6, 6.07) is 0.237. The van der Waals surface area contributed by atoms with Gasteiger partial charge in [0.1, 0.15) is 11.4 Å². The van der Waals surface area contributed by atoms with E-state index in [0.717, 1.165) is 17.8 Å². The number of hydrogen-bond donors (Lipinski definition) is 1. The van der Waals surface area contributed by atoms with E-state index < -0.39 is 28.5 Å². The Balaban J connectivity index is 1.98. The molecule has 7 nitrogen and oxygen atoms in total. The molecule has 1 saturated heterocycles. The number of piperazine rings is 1. The molecule has 1 fully saturated rings. The van der Waals surface area contributed by atoms with Gasteiger partial charge in [0.2, 0.25) is 0 Å². The van der Waals surface area contributed by atoms with Crippen molar-refractivity contribution in [1.82, 2.24) is 9.80 Å². The minimum Gasteiger partial charge on any atom is -0.444 e. The van der Waals surface area contributed by atoms with Crippen molar-refractivity contribution in [1.29, 1.82) is 5.41 Å². The van der Waals surface area contributed by atoms with E-state index in [1.54, 1.807) is 30.6 Å². The number of nitrogens with zero attached hydrogens (tertiary/aromatic N) is 3. The quantitative estimate of drug-likeness (QED) is 0.389. The van der Waals surface area contributed by atoms with Crippen LogP contribution >= 0.6 is 23.4 Å². The van der Waals surface area contributed by atoms with Crippen molar-refractivity contribution in [3.8, 4) is 0 Å². The van der Waals surface area contributed by atoms with Crippen molar-refractivity contribution >= 4 is 46.7 Å². The van der Waals surface area contributed by atoms with Crippen LogP contribution in [0.3, 0.4) is 0 Å². The van der Waals surface area contributed by atoms with Crippen LogP contribution in [0.2, 0.25) is 5.02 Å².